The van der Waals surface area contributed by atoms with Gasteiger partial charge in [-0.1, -0.05) is 30.1 Å². The molecule has 0 radical (unpaired) electrons. The van der Waals surface area contributed by atoms with Crippen molar-refractivity contribution in [1.82, 2.24) is 14.7 Å². The number of carbonyl (C=O) groups is 2. The maximum Gasteiger partial charge on any atom is 0.256 e. The van der Waals surface area contributed by atoms with E-state index in [0.717, 1.165) is 45.7 Å². The van der Waals surface area contributed by atoms with Crippen LogP contribution in [0.25, 0.3) is 0 Å². The Morgan fingerprint density at radius 3 is 2.34 bits per heavy atom. The molecule has 8 nitrogen and oxygen atoms in total. The van der Waals surface area contributed by atoms with Crippen LogP contribution in [0.3, 0.4) is 0 Å². The molecule has 2 aliphatic rings. The molecule has 0 aliphatic carbocycles. The monoisotopic (exact) mass is 577 g/mol. The molecule has 4 rings (SSSR count). The molecule has 0 saturated carbocycles. The summed E-state index contributed by atoms with van der Waals surface area (Å²) in [7, 11) is 1.58. The number of piperazine rings is 1. The molecule has 2 heterocycles. The molecule has 0 bridgehead atoms. The SMILES string of the molecule is CCN1CCN(CCCN2C(=S)N(c3ccc(Cl)c(Cl)c3)C(=O)[C@H]2CC(=O)Nc2ccc(OC)cc2)CC1. The standard InChI is InChI=1S/C27H33Cl2N5O3S/c1-3-31-13-15-32(16-14-31)11-4-12-33-24(18-25(35)30-19-5-8-21(37-2)9-6-19)26(36)34(27(33)38)20-7-10-22(28)23(29)17-20/h5-10,17,24H,3-4,11-16,18H2,1-2H3,(H,30,35)/t24-/m1/s1. The van der Waals surface area contributed by atoms with Crippen molar-refractivity contribution in [2.75, 3.05) is 63.1 Å². The van der Waals surface area contributed by atoms with Crippen LogP contribution in [0.15, 0.2) is 42.5 Å². The normalized spacial score (nSPS) is 18.8. The smallest absolute Gasteiger partial charge is 0.256 e. The van der Waals surface area contributed by atoms with Crippen LogP contribution in [0.1, 0.15) is 19.8 Å². The Hall–Kier alpha value is -2.43. The molecule has 2 saturated heterocycles. The van der Waals surface area contributed by atoms with E-state index in [9.17, 15) is 9.59 Å². The van der Waals surface area contributed by atoms with Crippen molar-refractivity contribution in [3.8, 4) is 5.75 Å². The summed E-state index contributed by atoms with van der Waals surface area (Å²) in [6, 6.07) is 11.3. The van der Waals surface area contributed by atoms with Crippen LogP contribution in [-0.2, 0) is 9.59 Å². The van der Waals surface area contributed by atoms with Gasteiger partial charge in [-0.05, 0) is 74.2 Å². The molecular formula is C27H33Cl2N5O3S. The second kappa shape index (κ2) is 13.1. The number of likely N-dealkylation sites (N-methyl/N-ethyl adjacent to an activating group) is 1. The Balaban J connectivity index is 1.46. The van der Waals surface area contributed by atoms with Crippen LogP contribution in [0.5, 0.6) is 5.75 Å². The highest BCUT2D eigenvalue weighted by Gasteiger charge is 2.44. The van der Waals surface area contributed by atoms with Crippen molar-refractivity contribution in [3.63, 3.8) is 0 Å². The predicted molar refractivity (Wildman–Crippen MR) is 156 cm³/mol. The highest BCUT2D eigenvalue weighted by Crippen LogP contribution is 2.32. The fourth-order valence-electron chi connectivity index (χ4n) is 4.80. The van der Waals surface area contributed by atoms with Gasteiger partial charge in [0.15, 0.2) is 5.11 Å². The fraction of sp³-hybridized carbons (Fsp3) is 0.444. The lowest BCUT2D eigenvalue weighted by Gasteiger charge is -2.34. The van der Waals surface area contributed by atoms with Gasteiger partial charge in [0.05, 0.1) is 29.3 Å². The lowest BCUT2D eigenvalue weighted by molar-refractivity contribution is -0.124. The van der Waals surface area contributed by atoms with Gasteiger partial charge in [0.25, 0.3) is 5.91 Å². The number of hydrogen-bond acceptors (Lipinski definition) is 6. The molecule has 0 unspecified atom stereocenters. The summed E-state index contributed by atoms with van der Waals surface area (Å²) in [5.41, 5.74) is 1.16. The quantitative estimate of drug-likeness (QED) is 0.421. The number of rotatable bonds is 10. The zero-order chi connectivity index (χ0) is 27.2. The first-order valence-corrected chi connectivity index (χ1v) is 14.0. The average molecular weight is 579 g/mol. The van der Waals surface area contributed by atoms with Crippen molar-refractivity contribution in [2.24, 2.45) is 0 Å². The van der Waals surface area contributed by atoms with E-state index >= 15 is 0 Å². The van der Waals surface area contributed by atoms with Crippen molar-refractivity contribution in [3.05, 3.63) is 52.5 Å². The second-order valence-corrected chi connectivity index (χ2v) is 10.6. The molecule has 2 aliphatic heterocycles. The lowest BCUT2D eigenvalue weighted by Crippen LogP contribution is -2.47. The first kappa shape index (κ1) is 28.6. The highest BCUT2D eigenvalue weighted by molar-refractivity contribution is 7.80. The van der Waals surface area contributed by atoms with Gasteiger partial charge in [0, 0.05) is 38.4 Å². The molecule has 2 fully saturated rings. The Morgan fingerprint density at radius 2 is 1.71 bits per heavy atom. The van der Waals surface area contributed by atoms with E-state index in [1.165, 1.54) is 4.90 Å². The fourth-order valence-corrected chi connectivity index (χ4v) is 5.51. The lowest BCUT2D eigenvalue weighted by atomic mass is 10.1. The largest absolute Gasteiger partial charge is 0.497 e. The maximum atomic E-state index is 13.6. The molecule has 2 aromatic carbocycles. The first-order chi connectivity index (χ1) is 18.3. The zero-order valence-corrected chi connectivity index (χ0v) is 24.0. The van der Waals surface area contributed by atoms with Gasteiger partial charge in [-0.15, -0.1) is 0 Å². The Kier molecular flexibility index (Phi) is 9.84. The number of carbonyl (C=O) groups excluding carboxylic acids is 2. The van der Waals surface area contributed by atoms with Gasteiger partial charge < -0.3 is 24.8 Å². The number of hydrogen-bond donors (Lipinski definition) is 1. The van der Waals surface area contributed by atoms with Crippen LogP contribution in [0.2, 0.25) is 10.0 Å². The minimum Gasteiger partial charge on any atom is -0.497 e. The van der Waals surface area contributed by atoms with Crippen molar-refractivity contribution >= 4 is 63.7 Å². The van der Waals surface area contributed by atoms with Crippen LogP contribution in [-0.4, -0.2) is 90.6 Å². The van der Waals surface area contributed by atoms with Crippen molar-refractivity contribution in [1.29, 1.82) is 0 Å². The van der Waals surface area contributed by atoms with Crippen LogP contribution >= 0.6 is 35.4 Å². The summed E-state index contributed by atoms with van der Waals surface area (Å²) in [5, 5.41) is 3.97. The number of thiocarbonyl (C=S) groups is 1. The van der Waals surface area contributed by atoms with Crippen LogP contribution in [0, 0.1) is 0 Å². The molecule has 2 aromatic rings. The third-order valence-electron chi connectivity index (χ3n) is 7.02. The predicted octanol–water partition coefficient (Wildman–Crippen LogP) is 4.36. The molecule has 204 valence electrons. The van der Waals surface area contributed by atoms with E-state index in [2.05, 4.69) is 22.0 Å². The zero-order valence-electron chi connectivity index (χ0n) is 21.7. The average Bonchev–Trinajstić information content (AvgIpc) is 3.15. The minimum absolute atomic E-state index is 0.0298. The number of halogens is 2. The number of methoxy groups -OCH3 is 1. The molecule has 2 amide bonds. The van der Waals surface area contributed by atoms with Crippen LogP contribution in [0.4, 0.5) is 11.4 Å². The number of anilines is 2. The van der Waals surface area contributed by atoms with Crippen molar-refractivity contribution < 1.29 is 14.3 Å². The summed E-state index contributed by atoms with van der Waals surface area (Å²) in [4.78, 5) is 34.9. The minimum atomic E-state index is -0.716. The van der Waals surface area contributed by atoms with E-state index in [1.807, 2.05) is 4.90 Å². The number of ether oxygens (including phenoxy) is 1. The number of benzene rings is 2. The van der Waals surface area contributed by atoms with E-state index in [-0.39, 0.29) is 18.2 Å². The maximum absolute atomic E-state index is 13.6. The summed E-state index contributed by atoms with van der Waals surface area (Å²) in [5.74, 6) is 0.168. The Morgan fingerprint density at radius 1 is 1.03 bits per heavy atom. The topological polar surface area (TPSA) is 68.4 Å². The van der Waals surface area contributed by atoms with Gasteiger partial charge in [0.2, 0.25) is 5.91 Å². The first-order valence-electron chi connectivity index (χ1n) is 12.8. The van der Waals surface area contributed by atoms with Gasteiger partial charge in [0.1, 0.15) is 11.8 Å². The molecule has 11 heteroatoms. The molecular weight excluding hydrogens is 545 g/mol. The number of amides is 2. The number of nitrogens with one attached hydrogen (secondary N) is 1. The van der Waals surface area contributed by atoms with Crippen molar-refractivity contribution in [2.45, 2.75) is 25.8 Å². The summed E-state index contributed by atoms with van der Waals surface area (Å²) < 4.78 is 5.18. The van der Waals surface area contributed by atoms with Crippen LogP contribution < -0.4 is 15.0 Å². The summed E-state index contributed by atoms with van der Waals surface area (Å²) in [6.07, 6.45) is 0.795. The van der Waals surface area contributed by atoms with Gasteiger partial charge in [-0.25, -0.2) is 0 Å². The molecule has 38 heavy (non-hydrogen) atoms. The molecule has 0 spiro atoms. The van der Waals surface area contributed by atoms with E-state index in [0.29, 0.717) is 38.8 Å². The van der Waals surface area contributed by atoms with E-state index < -0.39 is 6.04 Å². The molecule has 1 atom stereocenters. The third-order valence-corrected chi connectivity index (χ3v) is 8.17. The third kappa shape index (κ3) is 6.76. The van der Waals surface area contributed by atoms with Gasteiger partial charge in [-0.2, -0.15) is 0 Å². The molecule has 1 N–H and O–H groups in total. The van der Waals surface area contributed by atoms with Gasteiger partial charge in [-0.3, -0.25) is 14.5 Å². The Bertz CT molecular complexity index is 1160. The van der Waals surface area contributed by atoms with E-state index in [1.54, 1.807) is 49.6 Å². The van der Waals surface area contributed by atoms with E-state index in [4.69, 9.17) is 40.2 Å². The number of nitrogens with zero attached hydrogens (tertiary/aromatic N) is 4. The van der Waals surface area contributed by atoms with Gasteiger partial charge >= 0.3 is 0 Å². The molecule has 0 aromatic heterocycles. The highest BCUT2D eigenvalue weighted by atomic mass is 35.5. The second-order valence-electron chi connectivity index (χ2n) is 9.37. The summed E-state index contributed by atoms with van der Waals surface area (Å²) >= 11 is 18.1. The summed E-state index contributed by atoms with van der Waals surface area (Å²) in [6.45, 7) is 8.92. The Labute approximate surface area is 239 Å².